The van der Waals surface area contributed by atoms with Crippen LogP contribution >= 0.6 is 0 Å². The summed E-state index contributed by atoms with van der Waals surface area (Å²) in [5.41, 5.74) is -0.270. The lowest BCUT2D eigenvalue weighted by atomic mass is 9.66. The molecule has 0 aromatic rings. The average Bonchev–Trinajstić information content (AvgIpc) is 2.26. The highest BCUT2D eigenvalue weighted by atomic mass is 16.5. The van der Waals surface area contributed by atoms with Gasteiger partial charge in [-0.15, -0.1) is 0 Å². The van der Waals surface area contributed by atoms with Gasteiger partial charge in [0.1, 0.15) is 0 Å². The van der Waals surface area contributed by atoms with Gasteiger partial charge in [-0.25, -0.2) is 0 Å². The third-order valence-corrected chi connectivity index (χ3v) is 4.74. The lowest BCUT2D eigenvalue weighted by Crippen LogP contribution is -2.51. The zero-order valence-electron chi connectivity index (χ0n) is 10.1. The van der Waals surface area contributed by atoms with Gasteiger partial charge in [0, 0.05) is 6.61 Å². The van der Waals surface area contributed by atoms with E-state index in [9.17, 15) is 5.11 Å². The molecule has 1 N–H and O–H groups in total. The molecule has 2 rings (SSSR count). The number of hydrogen-bond acceptors (Lipinski definition) is 2. The molecule has 88 valence electrons. The highest BCUT2D eigenvalue weighted by molar-refractivity contribution is 4.98. The van der Waals surface area contributed by atoms with Gasteiger partial charge in [0.05, 0.1) is 11.2 Å². The fourth-order valence-electron chi connectivity index (χ4n) is 3.23. The second-order valence-corrected chi connectivity index (χ2v) is 5.39. The standard InChI is InChI=1S/C13H24O2/c1-3-13(14,4-2)11-6-9-15-12(10-11)7-5-8-12/h11,14H,3-10H2,1-2H3. The van der Waals surface area contributed by atoms with Crippen molar-refractivity contribution >= 4 is 0 Å². The van der Waals surface area contributed by atoms with Crippen LogP contribution in [-0.2, 0) is 4.74 Å². The van der Waals surface area contributed by atoms with Gasteiger partial charge in [-0.05, 0) is 50.9 Å². The number of ether oxygens (including phenoxy) is 1. The average molecular weight is 212 g/mol. The van der Waals surface area contributed by atoms with Gasteiger partial charge in [0.2, 0.25) is 0 Å². The molecule has 0 bridgehead atoms. The first-order chi connectivity index (χ1) is 7.14. The van der Waals surface area contributed by atoms with E-state index < -0.39 is 5.60 Å². The van der Waals surface area contributed by atoms with Gasteiger partial charge in [0.15, 0.2) is 0 Å². The van der Waals surface area contributed by atoms with Crippen molar-refractivity contribution in [3.8, 4) is 0 Å². The van der Waals surface area contributed by atoms with Crippen LogP contribution in [0.1, 0.15) is 58.8 Å². The van der Waals surface area contributed by atoms with Crippen molar-refractivity contribution in [3.05, 3.63) is 0 Å². The zero-order chi connectivity index (χ0) is 10.9. The molecular formula is C13H24O2. The molecular weight excluding hydrogens is 188 g/mol. The van der Waals surface area contributed by atoms with E-state index in [1.54, 1.807) is 0 Å². The Morgan fingerprint density at radius 3 is 2.47 bits per heavy atom. The van der Waals surface area contributed by atoms with Crippen molar-refractivity contribution in [2.24, 2.45) is 5.92 Å². The van der Waals surface area contributed by atoms with Crippen LogP contribution in [0.4, 0.5) is 0 Å². The Kier molecular flexibility index (Phi) is 3.09. The van der Waals surface area contributed by atoms with Crippen LogP contribution in [0.3, 0.4) is 0 Å². The van der Waals surface area contributed by atoms with Crippen molar-refractivity contribution in [1.29, 1.82) is 0 Å². The molecule has 15 heavy (non-hydrogen) atoms. The lowest BCUT2D eigenvalue weighted by Gasteiger charge is -2.50. The van der Waals surface area contributed by atoms with Gasteiger partial charge in [0.25, 0.3) is 0 Å². The van der Waals surface area contributed by atoms with Crippen LogP contribution in [0.25, 0.3) is 0 Å². The van der Waals surface area contributed by atoms with Crippen LogP contribution in [0, 0.1) is 5.92 Å². The van der Waals surface area contributed by atoms with Gasteiger partial charge in [-0.3, -0.25) is 0 Å². The molecule has 1 aliphatic heterocycles. The summed E-state index contributed by atoms with van der Waals surface area (Å²) < 4.78 is 5.90. The smallest absolute Gasteiger partial charge is 0.0686 e. The van der Waals surface area contributed by atoms with Crippen LogP contribution < -0.4 is 0 Å². The van der Waals surface area contributed by atoms with Crippen molar-refractivity contribution in [2.75, 3.05) is 6.61 Å². The molecule has 1 unspecified atom stereocenters. The minimum Gasteiger partial charge on any atom is -0.390 e. The first kappa shape index (κ1) is 11.4. The second-order valence-electron chi connectivity index (χ2n) is 5.39. The highest BCUT2D eigenvalue weighted by Gasteiger charge is 2.47. The monoisotopic (exact) mass is 212 g/mol. The van der Waals surface area contributed by atoms with Gasteiger partial charge < -0.3 is 9.84 Å². The Balaban J connectivity index is 2.03. The van der Waals surface area contributed by atoms with Crippen LogP contribution in [-0.4, -0.2) is 22.9 Å². The second kappa shape index (κ2) is 4.06. The fraction of sp³-hybridized carbons (Fsp3) is 1.00. The maximum Gasteiger partial charge on any atom is 0.0686 e. The third-order valence-electron chi connectivity index (χ3n) is 4.74. The van der Waals surface area contributed by atoms with Crippen LogP contribution in [0.2, 0.25) is 0 Å². The molecule has 1 heterocycles. The van der Waals surface area contributed by atoms with Crippen molar-refractivity contribution in [1.82, 2.24) is 0 Å². The molecule has 2 aliphatic rings. The Labute approximate surface area is 93.0 Å². The minimum absolute atomic E-state index is 0.168. The predicted octanol–water partition coefficient (Wildman–Crippen LogP) is 2.89. The highest BCUT2D eigenvalue weighted by Crippen LogP contribution is 2.47. The van der Waals surface area contributed by atoms with E-state index in [-0.39, 0.29) is 5.60 Å². The van der Waals surface area contributed by atoms with E-state index in [4.69, 9.17) is 4.74 Å². The summed E-state index contributed by atoms with van der Waals surface area (Å²) in [7, 11) is 0. The summed E-state index contributed by atoms with van der Waals surface area (Å²) in [4.78, 5) is 0. The fourth-order valence-corrected chi connectivity index (χ4v) is 3.23. The van der Waals surface area contributed by atoms with Crippen LogP contribution in [0.5, 0.6) is 0 Å². The van der Waals surface area contributed by atoms with E-state index in [1.165, 1.54) is 19.3 Å². The van der Waals surface area contributed by atoms with E-state index in [0.29, 0.717) is 5.92 Å². The molecule has 2 nitrogen and oxygen atoms in total. The maximum atomic E-state index is 10.5. The summed E-state index contributed by atoms with van der Waals surface area (Å²) in [5.74, 6) is 0.460. The van der Waals surface area contributed by atoms with Crippen molar-refractivity contribution in [2.45, 2.75) is 70.0 Å². The number of hydrogen-bond donors (Lipinski definition) is 1. The molecule has 1 saturated carbocycles. The third kappa shape index (κ3) is 1.94. The first-order valence-electron chi connectivity index (χ1n) is 6.50. The van der Waals surface area contributed by atoms with Gasteiger partial charge in [-0.1, -0.05) is 13.8 Å². The Morgan fingerprint density at radius 2 is 2.00 bits per heavy atom. The van der Waals surface area contributed by atoms with E-state index in [1.807, 2.05) is 0 Å². The van der Waals surface area contributed by atoms with Gasteiger partial charge >= 0.3 is 0 Å². The molecule has 0 radical (unpaired) electrons. The molecule has 2 heteroatoms. The van der Waals surface area contributed by atoms with Crippen molar-refractivity contribution in [3.63, 3.8) is 0 Å². The zero-order valence-corrected chi connectivity index (χ0v) is 10.1. The SMILES string of the molecule is CCC(O)(CC)C1CCOC2(CCC2)C1. The maximum absolute atomic E-state index is 10.5. The van der Waals surface area contributed by atoms with Crippen LogP contribution in [0.15, 0.2) is 0 Å². The number of aliphatic hydroxyl groups is 1. The molecule has 0 aromatic carbocycles. The number of rotatable bonds is 3. The first-order valence-corrected chi connectivity index (χ1v) is 6.50. The molecule has 0 amide bonds. The summed E-state index contributed by atoms with van der Waals surface area (Å²) >= 11 is 0. The Hall–Kier alpha value is -0.0800. The topological polar surface area (TPSA) is 29.5 Å². The van der Waals surface area contributed by atoms with E-state index in [0.717, 1.165) is 32.3 Å². The predicted molar refractivity (Wildman–Crippen MR) is 60.8 cm³/mol. The molecule has 1 atom stereocenters. The lowest BCUT2D eigenvalue weighted by molar-refractivity contribution is -0.176. The van der Waals surface area contributed by atoms with Crippen molar-refractivity contribution < 1.29 is 9.84 Å². The summed E-state index contributed by atoms with van der Waals surface area (Å²) in [6, 6.07) is 0. The molecule has 1 aliphatic carbocycles. The van der Waals surface area contributed by atoms with Gasteiger partial charge in [-0.2, -0.15) is 0 Å². The summed E-state index contributed by atoms with van der Waals surface area (Å²) in [6.45, 7) is 5.06. The molecule has 1 saturated heterocycles. The molecule has 0 aromatic heterocycles. The normalized spacial score (nSPS) is 30.2. The quantitative estimate of drug-likeness (QED) is 0.779. The van der Waals surface area contributed by atoms with E-state index >= 15 is 0 Å². The Bertz CT molecular complexity index is 217. The Morgan fingerprint density at radius 1 is 1.33 bits per heavy atom. The molecule has 2 fully saturated rings. The largest absolute Gasteiger partial charge is 0.390 e. The minimum atomic E-state index is -0.438. The molecule has 1 spiro atoms. The summed E-state index contributed by atoms with van der Waals surface area (Å²) in [5, 5.41) is 10.5. The van der Waals surface area contributed by atoms with E-state index in [2.05, 4.69) is 13.8 Å². The summed E-state index contributed by atoms with van der Waals surface area (Å²) in [6.07, 6.45) is 7.63.